The molecule has 4 heteroatoms. The Labute approximate surface area is 97.5 Å². The molecular formula is C12H21N3O. The zero-order chi connectivity index (χ0) is 12.0. The van der Waals surface area contributed by atoms with Crippen LogP contribution in [0.4, 0.5) is 5.82 Å². The van der Waals surface area contributed by atoms with E-state index in [-0.39, 0.29) is 5.41 Å². The molecule has 0 aliphatic rings. The normalized spacial score (nSPS) is 11.5. The largest absolute Gasteiger partial charge is 0.385 e. The van der Waals surface area contributed by atoms with Gasteiger partial charge in [-0.1, -0.05) is 13.8 Å². The molecule has 16 heavy (non-hydrogen) atoms. The molecule has 0 unspecified atom stereocenters. The minimum atomic E-state index is 0.203. The lowest BCUT2D eigenvalue weighted by Crippen LogP contribution is -2.25. The van der Waals surface area contributed by atoms with Gasteiger partial charge in [0.1, 0.15) is 11.6 Å². The summed E-state index contributed by atoms with van der Waals surface area (Å²) < 4.78 is 5.10. The first-order valence-corrected chi connectivity index (χ1v) is 5.56. The maximum atomic E-state index is 5.10. The standard InChI is InChI=1S/C12H21N3O/c1-10-13-7-5-11(15-10)14-9-12(2,3)6-8-16-4/h5,7H,6,8-9H2,1-4H3,(H,13,14,15). The third-order valence-corrected chi connectivity index (χ3v) is 2.51. The van der Waals surface area contributed by atoms with E-state index in [4.69, 9.17) is 4.74 Å². The lowest BCUT2D eigenvalue weighted by atomic mass is 9.90. The molecule has 0 saturated heterocycles. The third kappa shape index (κ3) is 4.57. The molecule has 1 N–H and O–H groups in total. The van der Waals surface area contributed by atoms with Crippen LogP contribution in [-0.4, -0.2) is 30.2 Å². The van der Waals surface area contributed by atoms with Gasteiger partial charge in [0.05, 0.1) is 0 Å². The van der Waals surface area contributed by atoms with Crippen LogP contribution in [0.15, 0.2) is 12.3 Å². The van der Waals surface area contributed by atoms with E-state index in [1.54, 1.807) is 13.3 Å². The maximum absolute atomic E-state index is 5.10. The summed E-state index contributed by atoms with van der Waals surface area (Å²) in [5, 5.41) is 3.33. The number of rotatable bonds is 6. The molecule has 0 bridgehead atoms. The van der Waals surface area contributed by atoms with Crippen LogP contribution in [0.3, 0.4) is 0 Å². The maximum Gasteiger partial charge on any atom is 0.129 e. The van der Waals surface area contributed by atoms with E-state index in [0.717, 1.165) is 31.2 Å². The molecule has 0 aromatic carbocycles. The Morgan fingerprint density at radius 3 is 2.81 bits per heavy atom. The third-order valence-electron chi connectivity index (χ3n) is 2.51. The summed E-state index contributed by atoms with van der Waals surface area (Å²) in [5.41, 5.74) is 0.203. The molecule has 1 heterocycles. The van der Waals surface area contributed by atoms with Gasteiger partial charge in [0.15, 0.2) is 0 Å². The van der Waals surface area contributed by atoms with E-state index >= 15 is 0 Å². The van der Waals surface area contributed by atoms with Crippen LogP contribution in [0.1, 0.15) is 26.1 Å². The molecule has 0 aliphatic heterocycles. The SMILES string of the molecule is COCCC(C)(C)CNc1ccnc(C)n1. The van der Waals surface area contributed by atoms with Gasteiger partial charge < -0.3 is 10.1 Å². The minimum absolute atomic E-state index is 0.203. The van der Waals surface area contributed by atoms with Crippen molar-refractivity contribution in [2.24, 2.45) is 5.41 Å². The Hall–Kier alpha value is -1.16. The van der Waals surface area contributed by atoms with Crippen molar-refractivity contribution in [2.45, 2.75) is 27.2 Å². The number of methoxy groups -OCH3 is 1. The molecule has 0 aliphatic carbocycles. The molecule has 0 fully saturated rings. The highest BCUT2D eigenvalue weighted by molar-refractivity contribution is 5.32. The topological polar surface area (TPSA) is 47.0 Å². The highest BCUT2D eigenvalue weighted by Crippen LogP contribution is 2.20. The number of hydrogen-bond donors (Lipinski definition) is 1. The Bertz CT molecular complexity index is 326. The molecule has 0 atom stereocenters. The van der Waals surface area contributed by atoms with Crippen molar-refractivity contribution >= 4 is 5.82 Å². The zero-order valence-corrected chi connectivity index (χ0v) is 10.6. The van der Waals surface area contributed by atoms with Crippen molar-refractivity contribution in [1.82, 2.24) is 9.97 Å². The van der Waals surface area contributed by atoms with E-state index in [1.807, 2.05) is 13.0 Å². The highest BCUT2D eigenvalue weighted by atomic mass is 16.5. The van der Waals surface area contributed by atoms with E-state index in [0.29, 0.717) is 0 Å². The van der Waals surface area contributed by atoms with Crippen molar-refractivity contribution in [1.29, 1.82) is 0 Å². The Kier molecular flexibility index (Phi) is 4.68. The Balaban J connectivity index is 2.44. The first-order chi connectivity index (χ1) is 7.53. The number of aromatic nitrogens is 2. The van der Waals surface area contributed by atoms with Gasteiger partial charge in [-0.3, -0.25) is 0 Å². The second kappa shape index (κ2) is 5.80. The van der Waals surface area contributed by atoms with Crippen molar-refractivity contribution in [3.8, 4) is 0 Å². The summed E-state index contributed by atoms with van der Waals surface area (Å²) in [6.45, 7) is 7.99. The van der Waals surface area contributed by atoms with Crippen molar-refractivity contribution in [3.63, 3.8) is 0 Å². The van der Waals surface area contributed by atoms with Gasteiger partial charge in [0.25, 0.3) is 0 Å². The lowest BCUT2D eigenvalue weighted by molar-refractivity contribution is 0.157. The van der Waals surface area contributed by atoms with Crippen molar-refractivity contribution in [2.75, 3.05) is 25.6 Å². The average molecular weight is 223 g/mol. The fourth-order valence-electron chi connectivity index (χ4n) is 1.35. The van der Waals surface area contributed by atoms with Crippen molar-refractivity contribution in [3.05, 3.63) is 18.1 Å². The predicted octanol–water partition coefficient (Wildman–Crippen LogP) is 2.26. The number of nitrogens with one attached hydrogen (secondary N) is 1. The number of ether oxygens (including phenoxy) is 1. The molecule has 1 rings (SSSR count). The summed E-state index contributed by atoms with van der Waals surface area (Å²) in [5.74, 6) is 1.68. The predicted molar refractivity (Wildman–Crippen MR) is 65.5 cm³/mol. The average Bonchev–Trinajstić information content (AvgIpc) is 2.24. The number of hydrogen-bond acceptors (Lipinski definition) is 4. The van der Waals surface area contributed by atoms with Gasteiger partial charge >= 0.3 is 0 Å². The molecule has 0 saturated carbocycles. The molecule has 4 nitrogen and oxygen atoms in total. The van der Waals surface area contributed by atoms with Crippen LogP contribution < -0.4 is 5.32 Å². The van der Waals surface area contributed by atoms with Gasteiger partial charge in [-0.2, -0.15) is 0 Å². The highest BCUT2D eigenvalue weighted by Gasteiger charge is 2.17. The first kappa shape index (κ1) is 12.9. The fraction of sp³-hybridized carbons (Fsp3) is 0.667. The second-order valence-corrected chi connectivity index (χ2v) is 4.75. The summed E-state index contributed by atoms with van der Waals surface area (Å²) in [6.07, 6.45) is 2.80. The Morgan fingerprint density at radius 1 is 1.44 bits per heavy atom. The number of aryl methyl sites for hydroxylation is 1. The van der Waals surface area contributed by atoms with Gasteiger partial charge in [-0.05, 0) is 24.8 Å². The smallest absolute Gasteiger partial charge is 0.129 e. The van der Waals surface area contributed by atoms with Gasteiger partial charge in [0.2, 0.25) is 0 Å². The minimum Gasteiger partial charge on any atom is -0.385 e. The molecule has 0 radical (unpaired) electrons. The second-order valence-electron chi connectivity index (χ2n) is 4.75. The van der Waals surface area contributed by atoms with Gasteiger partial charge in [-0.25, -0.2) is 9.97 Å². The van der Waals surface area contributed by atoms with Crippen LogP contribution in [-0.2, 0) is 4.74 Å². The van der Waals surface area contributed by atoms with Crippen LogP contribution in [0.25, 0.3) is 0 Å². The number of anilines is 1. The number of nitrogens with zero attached hydrogens (tertiary/aromatic N) is 2. The van der Waals surface area contributed by atoms with Crippen LogP contribution in [0, 0.1) is 12.3 Å². The van der Waals surface area contributed by atoms with Crippen LogP contribution >= 0.6 is 0 Å². The molecule has 90 valence electrons. The summed E-state index contributed by atoms with van der Waals surface area (Å²) in [6, 6.07) is 1.89. The van der Waals surface area contributed by atoms with Gasteiger partial charge in [-0.15, -0.1) is 0 Å². The summed E-state index contributed by atoms with van der Waals surface area (Å²) >= 11 is 0. The monoisotopic (exact) mass is 223 g/mol. The lowest BCUT2D eigenvalue weighted by Gasteiger charge is -2.24. The molecule has 1 aromatic rings. The summed E-state index contributed by atoms with van der Waals surface area (Å²) in [4.78, 5) is 8.37. The van der Waals surface area contributed by atoms with E-state index in [2.05, 4.69) is 29.1 Å². The Morgan fingerprint density at radius 2 is 2.19 bits per heavy atom. The van der Waals surface area contributed by atoms with E-state index < -0.39 is 0 Å². The van der Waals surface area contributed by atoms with E-state index in [1.165, 1.54) is 0 Å². The van der Waals surface area contributed by atoms with E-state index in [9.17, 15) is 0 Å². The molecule has 1 aromatic heterocycles. The van der Waals surface area contributed by atoms with Crippen LogP contribution in [0.5, 0.6) is 0 Å². The van der Waals surface area contributed by atoms with Crippen molar-refractivity contribution < 1.29 is 4.74 Å². The zero-order valence-electron chi connectivity index (χ0n) is 10.6. The molecule has 0 amide bonds. The van der Waals surface area contributed by atoms with Gasteiger partial charge in [0, 0.05) is 26.5 Å². The fourth-order valence-corrected chi connectivity index (χ4v) is 1.35. The van der Waals surface area contributed by atoms with Crippen LogP contribution in [0.2, 0.25) is 0 Å². The molecular weight excluding hydrogens is 202 g/mol. The quantitative estimate of drug-likeness (QED) is 0.803. The molecule has 0 spiro atoms. The summed E-state index contributed by atoms with van der Waals surface area (Å²) in [7, 11) is 1.73. The first-order valence-electron chi connectivity index (χ1n) is 5.56.